The van der Waals surface area contributed by atoms with Crippen LogP contribution in [0, 0.1) is 29.6 Å². The summed E-state index contributed by atoms with van der Waals surface area (Å²) in [7, 11) is 0. The maximum atomic E-state index is 12.1. The van der Waals surface area contributed by atoms with Crippen LogP contribution in [-0.4, -0.2) is 16.9 Å². The van der Waals surface area contributed by atoms with Crippen molar-refractivity contribution in [3.63, 3.8) is 0 Å². The molecule has 3 nitrogen and oxygen atoms in total. The second kappa shape index (κ2) is 3.97. The number of carbonyl (C=O) groups excluding carboxylic acids is 1. The van der Waals surface area contributed by atoms with Gasteiger partial charge in [0.1, 0.15) is 0 Å². The summed E-state index contributed by atoms with van der Waals surface area (Å²) in [5.41, 5.74) is 0. The van der Waals surface area contributed by atoms with Crippen LogP contribution in [-0.2, 0) is 9.59 Å². The van der Waals surface area contributed by atoms with E-state index < -0.39 is 5.97 Å². The molecule has 4 bridgehead atoms. The zero-order chi connectivity index (χ0) is 12.0. The zero-order valence-electron chi connectivity index (χ0n) is 9.84. The van der Waals surface area contributed by atoms with Gasteiger partial charge in [-0.05, 0) is 61.9 Å². The SMILES string of the molecule is O=C(O)/C=C/C(=O)C1C2CC3CC(C2)CC1C3. The normalized spacial score (nSPS) is 43.2. The van der Waals surface area contributed by atoms with Crippen LogP contribution in [0.2, 0.25) is 0 Å². The highest BCUT2D eigenvalue weighted by atomic mass is 16.4. The van der Waals surface area contributed by atoms with E-state index in [0.29, 0.717) is 11.8 Å². The first-order chi connectivity index (χ1) is 8.13. The second-order valence-corrected chi connectivity index (χ2v) is 6.03. The zero-order valence-corrected chi connectivity index (χ0v) is 9.84. The summed E-state index contributed by atoms with van der Waals surface area (Å²) < 4.78 is 0. The summed E-state index contributed by atoms with van der Waals surface area (Å²) in [6.45, 7) is 0. The fourth-order valence-electron chi connectivity index (χ4n) is 4.65. The molecule has 0 aromatic rings. The molecule has 0 unspecified atom stereocenters. The van der Waals surface area contributed by atoms with Crippen LogP contribution in [0.5, 0.6) is 0 Å². The number of hydrogen-bond donors (Lipinski definition) is 1. The lowest BCUT2D eigenvalue weighted by Gasteiger charge is -2.53. The first kappa shape index (κ1) is 11.0. The molecule has 0 saturated heterocycles. The molecule has 0 amide bonds. The molecular formula is C14H18O3. The van der Waals surface area contributed by atoms with E-state index in [1.54, 1.807) is 0 Å². The minimum absolute atomic E-state index is 0.0567. The van der Waals surface area contributed by atoms with Crippen molar-refractivity contribution in [2.45, 2.75) is 32.1 Å². The first-order valence-corrected chi connectivity index (χ1v) is 6.58. The third-order valence-electron chi connectivity index (χ3n) is 4.95. The number of ketones is 1. The lowest BCUT2D eigenvalue weighted by atomic mass is 9.51. The molecule has 0 aromatic heterocycles. The predicted octanol–water partition coefficient (Wildman–Crippen LogP) is 2.27. The van der Waals surface area contributed by atoms with E-state index in [4.69, 9.17) is 5.11 Å². The fraction of sp³-hybridized carbons (Fsp3) is 0.714. The number of carbonyl (C=O) groups is 2. The van der Waals surface area contributed by atoms with Gasteiger partial charge in [-0.25, -0.2) is 4.79 Å². The van der Waals surface area contributed by atoms with Gasteiger partial charge >= 0.3 is 5.97 Å². The third-order valence-corrected chi connectivity index (χ3v) is 4.95. The average molecular weight is 234 g/mol. The van der Waals surface area contributed by atoms with Gasteiger partial charge in [-0.2, -0.15) is 0 Å². The van der Waals surface area contributed by atoms with Crippen LogP contribution in [0.25, 0.3) is 0 Å². The molecule has 92 valence electrons. The van der Waals surface area contributed by atoms with E-state index in [1.165, 1.54) is 38.2 Å². The third kappa shape index (κ3) is 1.92. The second-order valence-electron chi connectivity index (χ2n) is 6.03. The highest BCUT2D eigenvalue weighted by Crippen LogP contribution is 2.56. The van der Waals surface area contributed by atoms with E-state index in [1.807, 2.05) is 0 Å². The Kier molecular flexibility index (Phi) is 2.57. The standard InChI is InChI=1S/C14H18O3/c15-12(1-2-13(16)17)14-10-4-8-3-9(6-10)7-11(14)5-8/h1-2,8-11,14H,3-7H2,(H,16,17)/b2-1+. The van der Waals surface area contributed by atoms with Crippen molar-refractivity contribution in [1.29, 1.82) is 0 Å². The van der Waals surface area contributed by atoms with Crippen LogP contribution < -0.4 is 0 Å². The molecule has 0 radical (unpaired) electrons. The highest BCUT2D eigenvalue weighted by molar-refractivity contribution is 5.97. The van der Waals surface area contributed by atoms with Crippen molar-refractivity contribution in [3.8, 4) is 0 Å². The largest absolute Gasteiger partial charge is 0.478 e. The summed E-state index contributed by atoms with van der Waals surface area (Å²) in [5.74, 6) is 1.94. The maximum absolute atomic E-state index is 12.1. The quantitative estimate of drug-likeness (QED) is 0.762. The van der Waals surface area contributed by atoms with Gasteiger partial charge in [-0.3, -0.25) is 4.79 Å². The van der Waals surface area contributed by atoms with Crippen molar-refractivity contribution in [2.75, 3.05) is 0 Å². The molecule has 17 heavy (non-hydrogen) atoms. The lowest BCUT2D eigenvalue weighted by molar-refractivity contribution is -0.133. The molecule has 4 aliphatic carbocycles. The first-order valence-electron chi connectivity index (χ1n) is 6.58. The van der Waals surface area contributed by atoms with Gasteiger partial charge in [0, 0.05) is 12.0 Å². The average Bonchev–Trinajstić information content (AvgIpc) is 2.24. The van der Waals surface area contributed by atoms with Gasteiger partial charge in [0.15, 0.2) is 5.78 Å². The van der Waals surface area contributed by atoms with Crippen molar-refractivity contribution >= 4 is 11.8 Å². The number of aliphatic carboxylic acids is 1. The Balaban J connectivity index is 1.75. The predicted molar refractivity (Wildman–Crippen MR) is 62.3 cm³/mol. The number of rotatable bonds is 3. The number of carboxylic acids is 1. The summed E-state index contributed by atoms with van der Waals surface area (Å²) in [6.07, 6.45) is 8.45. The molecule has 4 aliphatic rings. The molecule has 0 spiro atoms. The summed E-state index contributed by atoms with van der Waals surface area (Å²) in [4.78, 5) is 22.5. The van der Waals surface area contributed by atoms with Gasteiger partial charge in [0.25, 0.3) is 0 Å². The molecule has 4 saturated carbocycles. The number of allylic oxidation sites excluding steroid dienone is 1. The molecular weight excluding hydrogens is 216 g/mol. The van der Waals surface area contributed by atoms with Crippen LogP contribution >= 0.6 is 0 Å². The van der Waals surface area contributed by atoms with Crippen LogP contribution in [0.3, 0.4) is 0 Å². The minimum atomic E-state index is -1.03. The molecule has 0 heterocycles. The summed E-state index contributed by atoms with van der Waals surface area (Å²) >= 11 is 0. The Hall–Kier alpha value is -1.12. The fourth-order valence-corrected chi connectivity index (χ4v) is 4.65. The summed E-state index contributed by atoms with van der Waals surface area (Å²) in [6, 6.07) is 0. The molecule has 0 aromatic carbocycles. The number of carboxylic acid groups (broad SMARTS) is 1. The lowest BCUT2D eigenvalue weighted by Crippen LogP contribution is -2.47. The van der Waals surface area contributed by atoms with E-state index in [-0.39, 0.29) is 11.7 Å². The molecule has 0 atom stereocenters. The molecule has 0 aliphatic heterocycles. The van der Waals surface area contributed by atoms with E-state index in [9.17, 15) is 9.59 Å². The van der Waals surface area contributed by atoms with Crippen molar-refractivity contribution < 1.29 is 14.7 Å². The van der Waals surface area contributed by atoms with E-state index >= 15 is 0 Å². The van der Waals surface area contributed by atoms with Crippen LogP contribution in [0.1, 0.15) is 32.1 Å². The Bertz CT molecular complexity index is 355. The Morgan fingerprint density at radius 3 is 1.88 bits per heavy atom. The molecule has 3 heteroatoms. The Labute approximate surface area is 101 Å². The highest BCUT2D eigenvalue weighted by Gasteiger charge is 2.49. The van der Waals surface area contributed by atoms with Gasteiger partial charge in [-0.1, -0.05) is 0 Å². The molecule has 4 fully saturated rings. The van der Waals surface area contributed by atoms with E-state index in [0.717, 1.165) is 17.9 Å². The summed E-state index contributed by atoms with van der Waals surface area (Å²) in [5, 5.41) is 8.57. The van der Waals surface area contributed by atoms with Crippen molar-refractivity contribution in [1.82, 2.24) is 0 Å². The van der Waals surface area contributed by atoms with Crippen LogP contribution in [0.4, 0.5) is 0 Å². The van der Waals surface area contributed by atoms with Gasteiger partial charge in [-0.15, -0.1) is 0 Å². The number of hydrogen-bond acceptors (Lipinski definition) is 2. The van der Waals surface area contributed by atoms with Gasteiger partial charge in [0.2, 0.25) is 0 Å². The molecule has 1 N–H and O–H groups in total. The molecule has 4 rings (SSSR count). The Morgan fingerprint density at radius 1 is 0.882 bits per heavy atom. The maximum Gasteiger partial charge on any atom is 0.328 e. The Morgan fingerprint density at radius 2 is 1.41 bits per heavy atom. The van der Waals surface area contributed by atoms with Crippen molar-refractivity contribution in [2.24, 2.45) is 29.6 Å². The van der Waals surface area contributed by atoms with Gasteiger partial charge in [0.05, 0.1) is 0 Å². The topological polar surface area (TPSA) is 54.4 Å². The van der Waals surface area contributed by atoms with Crippen molar-refractivity contribution in [3.05, 3.63) is 12.2 Å². The van der Waals surface area contributed by atoms with Crippen LogP contribution in [0.15, 0.2) is 12.2 Å². The monoisotopic (exact) mass is 234 g/mol. The van der Waals surface area contributed by atoms with Gasteiger partial charge < -0.3 is 5.11 Å². The van der Waals surface area contributed by atoms with E-state index in [2.05, 4.69) is 0 Å². The minimum Gasteiger partial charge on any atom is -0.478 e. The smallest absolute Gasteiger partial charge is 0.328 e.